The lowest BCUT2D eigenvalue weighted by molar-refractivity contribution is -0.130. The number of rotatable bonds is 7. The number of hydrogen-bond acceptors (Lipinski definition) is 3. The summed E-state index contributed by atoms with van der Waals surface area (Å²) in [5.74, 6) is 0.177. The quantitative estimate of drug-likeness (QED) is 0.481. The fraction of sp³-hybridized carbons (Fsp3) is 0.0870. The maximum Gasteiger partial charge on any atom is 0.336 e. The molecule has 0 atom stereocenters. The van der Waals surface area contributed by atoms with Crippen molar-refractivity contribution >= 4 is 17.6 Å². The van der Waals surface area contributed by atoms with E-state index >= 15 is 0 Å². The van der Waals surface area contributed by atoms with E-state index in [1.807, 2.05) is 48.5 Å². The molecule has 0 aliphatic rings. The van der Waals surface area contributed by atoms with Crippen LogP contribution in [0.4, 0.5) is 0 Å². The van der Waals surface area contributed by atoms with E-state index in [9.17, 15) is 9.90 Å². The van der Waals surface area contributed by atoms with Gasteiger partial charge < -0.3 is 14.6 Å². The molecule has 0 saturated heterocycles. The molecule has 0 bridgehead atoms. The summed E-state index contributed by atoms with van der Waals surface area (Å²) in [5, 5.41) is 9.59. The zero-order valence-corrected chi connectivity index (χ0v) is 15.0. The van der Waals surface area contributed by atoms with Gasteiger partial charge in [0.2, 0.25) is 0 Å². The zero-order chi connectivity index (χ0) is 19.1. The van der Waals surface area contributed by atoms with Crippen LogP contribution in [0.5, 0.6) is 11.5 Å². The number of ether oxygens (including phenoxy) is 2. The predicted octanol–water partition coefficient (Wildman–Crippen LogP) is 4.90. The molecule has 0 aliphatic heterocycles. The number of aliphatic carboxylic acids is 1. The Morgan fingerprint density at radius 3 is 2.22 bits per heavy atom. The lowest BCUT2D eigenvalue weighted by Gasteiger charge is -2.12. The summed E-state index contributed by atoms with van der Waals surface area (Å²) in [5.41, 5.74) is 2.62. The Hall–Kier alpha value is -3.53. The van der Waals surface area contributed by atoms with Gasteiger partial charge in [0.25, 0.3) is 0 Å². The fourth-order valence-electron chi connectivity index (χ4n) is 2.68. The number of benzene rings is 3. The molecule has 0 saturated carbocycles. The smallest absolute Gasteiger partial charge is 0.336 e. The van der Waals surface area contributed by atoms with Crippen LogP contribution in [0.25, 0.3) is 11.6 Å². The Kier molecular flexibility index (Phi) is 5.90. The molecule has 0 aromatic heterocycles. The molecule has 0 amide bonds. The van der Waals surface area contributed by atoms with E-state index in [-0.39, 0.29) is 5.57 Å². The van der Waals surface area contributed by atoms with Gasteiger partial charge in [-0.25, -0.2) is 4.79 Å². The van der Waals surface area contributed by atoms with E-state index in [0.717, 1.165) is 11.1 Å². The summed E-state index contributed by atoms with van der Waals surface area (Å²) in [4.78, 5) is 11.7. The molecule has 3 rings (SSSR count). The SMILES string of the molecule is COc1ccc(/C=C(\C(=O)O)c2ccccc2)cc1OCc1ccccc1. The highest BCUT2D eigenvalue weighted by Gasteiger charge is 2.12. The Morgan fingerprint density at radius 1 is 0.926 bits per heavy atom. The monoisotopic (exact) mass is 360 g/mol. The molecule has 0 heterocycles. The molecule has 3 aromatic rings. The van der Waals surface area contributed by atoms with Crippen molar-refractivity contribution in [1.29, 1.82) is 0 Å². The van der Waals surface area contributed by atoms with Crippen LogP contribution in [-0.4, -0.2) is 18.2 Å². The Balaban J connectivity index is 1.90. The van der Waals surface area contributed by atoms with Crippen molar-refractivity contribution in [2.45, 2.75) is 6.61 Å². The standard InChI is InChI=1S/C23H20O4/c1-26-21-13-12-18(14-20(23(24)25)19-10-6-3-7-11-19)15-22(21)27-16-17-8-4-2-5-9-17/h2-15H,16H2,1H3,(H,24,25)/b20-14-. The van der Waals surface area contributed by atoms with Crippen molar-refractivity contribution in [3.63, 3.8) is 0 Å². The third-order valence-corrected chi connectivity index (χ3v) is 4.05. The fourth-order valence-corrected chi connectivity index (χ4v) is 2.68. The largest absolute Gasteiger partial charge is 0.493 e. The van der Waals surface area contributed by atoms with Crippen molar-refractivity contribution in [1.82, 2.24) is 0 Å². The molecule has 136 valence electrons. The molecule has 3 aromatic carbocycles. The van der Waals surface area contributed by atoms with Crippen molar-refractivity contribution in [3.05, 3.63) is 95.6 Å². The highest BCUT2D eigenvalue weighted by molar-refractivity contribution is 6.20. The molecule has 27 heavy (non-hydrogen) atoms. The number of methoxy groups -OCH3 is 1. The average Bonchev–Trinajstić information content (AvgIpc) is 2.71. The van der Waals surface area contributed by atoms with E-state index in [0.29, 0.717) is 23.7 Å². The summed E-state index contributed by atoms with van der Waals surface area (Å²) in [6.07, 6.45) is 1.63. The van der Waals surface area contributed by atoms with Gasteiger partial charge in [0, 0.05) is 0 Å². The first-order chi connectivity index (χ1) is 13.2. The molecule has 0 unspecified atom stereocenters. The van der Waals surface area contributed by atoms with Crippen LogP contribution in [0, 0.1) is 0 Å². The second kappa shape index (κ2) is 8.72. The molecular weight excluding hydrogens is 340 g/mol. The van der Waals surface area contributed by atoms with Gasteiger partial charge in [0.15, 0.2) is 11.5 Å². The molecule has 4 heteroatoms. The first kappa shape index (κ1) is 18.3. The number of hydrogen-bond donors (Lipinski definition) is 1. The third kappa shape index (κ3) is 4.76. The van der Waals surface area contributed by atoms with E-state index in [1.165, 1.54) is 0 Å². The van der Waals surface area contributed by atoms with Gasteiger partial charge in [0.1, 0.15) is 6.61 Å². The first-order valence-electron chi connectivity index (χ1n) is 8.52. The molecule has 0 aliphatic carbocycles. The van der Waals surface area contributed by atoms with Gasteiger partial charge >= 0.3 is 5.97 Å². The summed E-state index contributed by atoms with van der Waals surface area (Å²) < 4.78 is 11.3. The van der Waals surface area contributed by atoms with Gasteiger partial charge in [0.05, 0.1) is 12.7 Å². The Morgan fingerprint density at radius 2 is 1.59 bits per heavy atom. The second-order valence-corrected chi connectivity index (χ2v) is 5.91. The normalized spacial score (nSPS) is 11.1. The van der Waals surface area contributed by atoms with Crippen molar-refractivity contribution < 1.29 is 19.4 Å². The maximum atomic E-state index is 11.7. The third-order valence-electron chi connectivity index (χ3n) is 4.05. The minimum atomic E-state index is -0.983. The van der Waals surface area contributed by atoms with Crippen LogP contribution in [0.2, 0.25) is 0 Å². The summed E-state index contributed by atoms with van der Waals surface area (Å²) >= 11 is 0. The van der Waals surface area contributed by atoms with E-state index < -0.39 is 5.97 Å². The molecule has 0 fully saturated rings. The minimum Gasteiger partial charge on any atom is -0.493 e. The van der Waals surface area contributed by atoms with Gasteiger partial charge in [-0.3, -0.25) is 0 Å². The van der Waals surface area contributed by atoms with Crippen LogP contribution in [0.3, 0.4) is 0 Å². The summed E-state index contributed by atoms with van der Waals surface area (Å²) in [7, 11) is 1.58. The van der Waals surface area contributed by atoms with Crippen LogP contribution < -0.4 is 9.47 Å². The lowest BCUT2D eigenvalue weighted by Crippen LogP contribution is -2.00. The highest BCUT2D eigenvalue weighted by atomic mass is 16.5. The number of carbonyl (C=O) groups is 1. The molecule has 0 radical (unpaired) electrons. The molecule has 4 nitrogen and oxygen atoms in total. The Bertz CT molecular complexity index is 931. The molecular formula is C23H20O4. The summed E-state index contributed by atoms with van der Waals surface area (Å²) in [6, 6.07) is 24.2. The highest BCUT2D eigenvalue weighted by Crippen LogP contribution is 2.30. The lowest BCUT2D eigenvalue weighted by atomic mass is 10.0. The molecule has 0 spiro atoms. The van der Waals surface area contributed by atoms with Crippen molar-refractivity contribution in [3.8, 4) is 11.5 Å². The predicted molar refractivity (Wildman–Crippen MR) is 106 cm³/mol. The maximum absolute atomic E-state index is 11.7. The van der Waals surface area contributed by atoms with Crippen LogP contribution in [0.15, 0.2) is 78.9 Å². The van der Waals surface area contributed by atoms with Gasteiger partial charge in [-0.15, -0.1) is 0 Å². The minimum absolute atomic E-state index is 0.217. The van der Waals surface area contributed by atoms with Crippen LogP contribution >= 0.6 is 0 Å². The van der Waals surface area contributed by atoms with Crippen LogP contribution in [-0.2, 0) is 11.4 Å². The Labute approximate surface area is 158 Å². The number of carboxylic acid groups (broad SMARTS) is 1. The zero-order valence-electron chi connectivity index (χ0n) is 15.0. The van der Waals surface area contributed by atoms with Gasteiger partial charge in [-0.2, -0.15) is 0 Å². The van der Waals surface area contributed by atoms with E-state index in [1.54, 1.807) is 43.5 Å². The van der Waals surface area contributed by atoms with Crippen LogP contribution in [0.1, 0.15) is 16.7 Å². The topological polar surface area (TPSA) is 55.8 Å². The van der Waals surface area contributed by atoms with E-state index in [2.05, 4.69) is 0 Å². The molecule has 1 N–H and O–H groups in total. The first-order valence-corrected chi connectivity index (χ1v) is 8.52. The second-order valence-electron chi connectivity index (χ2n) is 5.91. The summed E-state index contributed by atoms with van der Waals surface area (Å²) in [6.45, 7) is 0.398. The number of carboxylic acids is 1. The average molecular weight is 360 g/mol. The van der Waals surface area contributed by atoms with Crippen molar-refractivity contribution in [2.24, 2.45) is 0 Å². The van der Waals surface area contributed by atoms with E-state index in [4.69, 9.17) is 9.47 Å². The van der Waals surface area contributed by atoms with Gasteiger partial charge in [-0.1, -0.05) is 66.7 Å². The van der Waals surface area contributed by atoms with Gasteiger partial charge in [-0.05, 0) is 34.9 Å². The van der Waals surface area contributed by atoms with Crippen molar-refractivity contribution in [2.75, 3.05) is 7.11 Å².